The molecule has 3 aromatic rings. The number of halogens is 1. The minimum absolute atomic E-state index is 0.0616. The Labute approximate surface area is 149 Å². The van der Waals surface area contributed by atoms with E-state index >= 15 is 0 Å². The molecule has 0 aliphatic heterocycles. The molecule has 0 saturated heterocycles. The number of benzene rings is 2. The molecule has 0 saturated carbocycles. The highest BCUT2D eigenvalue weighted by molar-refractivity contribution is 6.31. The second kappa shape index (κ2) is 6.91. The maximum Gasteiger partial charge on any atom is 0.357 e. The van der Waals surface area contributed by atoms with Crippen LogP contribution in [0.5, 0.6) is 0 Å². The van der Waals surface area contributed by atoms with Gasteiger partial charge in [-0.25, -0.2) is 4.79 Å². The molecule has 6 heteroatoms. The Bertz CT molecular complexity index is 1040. The van der Waals surface area contributed by atoms with E-state index in [0.717, 1.165) is 10.2 Å². The summed E-state index contributed by atoms with van der Waals surface area (Å²) in [5.74, 6) is -0.650. The summed E-state index contributed by atoms with van der Waals surface area (Å²) in [5.41, 5.74) is 0.960. The Balaban J connectivity index is 2.60. The van der Waals surface area contributed by atoms with Gasteiger partial charge in [0.2, 0.25) is 0 Å². The molecule has 0 spiro atoms. The van der Waals surface area contributed by atoms with Gasteiger partial charge in [-0.05, 0) is 36.1 Å². The molecule has 0 N–H and O–H groups in total. The number of pyridine rings is 1. The minimum Gasteiger partial charge on any atom is -0.464 e. The third-order valence-corrected chi connectivity index (χ3v) is 4.03. The molecule has 1 heterocycles. The van der Waals surface area contributed by atoms with Crippen LogP contribution in [0, 0.1) is 0 Å². The fourth-order valence-corrected chi connectivity index (χ4v) is 2.94. The Morgan fingerprint density at radius 2 is 1.88 bits per heavy atom. The standard InChI is InChI=1S/C19H15ClN2O3/c1-3-21-22-17(19(24)25-2)16(12-7-5-4-6-8-12)15-11-13(20)9-10-14(15)18(22)23/h3-11H,1-2H3. The van der Waals surface area contributed by atoms with Gasteiger partial charge in [-0.15, -0.1) is 0 Å². The smallest absolute Gasteiger partial charge is 0.357 e. The summed E-state index contributed by atoms with van der Waals surface area (Å²) >= 11 is 6.14. The molecule has 0 fully saturated rings. The number of fused-ring (bicyclic) bond motifs is 1. The van der Waals surface area contributed by atoms with Crippen LogP contribution in [0.3, 0.4) is 0 Å². The van der Waals surface area contributed by atoms with Crippen LogP contribution >= 0.6 is 11.6 Å². The lowest BCUT2D eigenvalue weighted by Gasteiger charge is -2.15. The van der Waals surface area contributed by atoms with E-state index in [1.807, 2.05) is 30.3 Å². The van der Waals surface area contributed by atoms with E-state index < -0.39 is 11.5 Å². The number of nitrogens with zero attached hydrogens (tertiary/aromatic N) is 2. The molecule has 0 unspecified atom stereocenters. The lowest BCUT2D eigenvalue weighted by Crippen LogP contribution is -2.25. The van der Waals surface area contributed by atoms with E-state index in [4.69, 9.17) is 16.3 Å². The Hall–Kier alpha value is -2.92. The number of aromatic nitrogens is 1. The lowest BCUT2D eigenvalue weighted by atomic mass is 9.97. The zero-order chi connectivity index (χ0) is 18.0. The van der Waals surface area contributed by atoms with Crippen LogP contribution < -0.4 is 5.56 Å². The van der Waals surface area contributed by atoms with Gasteiger partial charge in [-0.2, -0.15) is 9.78 Å². The molecule has 0 radical (unpaired) electrons. The monoisotopic (exact) mass is 354 g/mol. The van der Waals surface area contributed by atoms with E-state index in [9.17, 15) is 9.59 Å². The number of hydrogen-bond donors (Lipinski definition) is 0. The SMILES string of the molecule is CC=Nn1c(C(=O)OC)c(-c2ccccc2)c2cc(Cl)ccc2c1=O. The van der Waals surface area contributed by atoms with Crippen LogP contribution in [0.4, 0.5) is 0 Å². The molecule has 0 aliphatic carbocycles. The van der Waals surface area contributed by atoms with Gasteiger partial charge in [0, 0.05) is 22.2 Å². The highest BCUT2D eigenvalue weighted by Crippen LogP contribution is 2.32. The number of methoxy groups -OCH3 is 1. The molecule has 0 aliphatic rings. The maximum atomic E-state index is 12.9. The quantitative estimate of drug-likeness (QED) is 0.528. The first-order valence-corrected chi connectivity index (χ1v) is 7.97. The van der Waals surface area contributed by atoms with Crippen molar-refractivity contribution in [3.63, 3.8) is 0 Å². The largest absolute Gasteiger partial charge is 0.464 e. The summed E-state index contributed by atoms with van der Waals surface area (Å²) in [4.78, 5) is 25.3. The number of carbonyl (C=O) groups is 1. The second-order valence-corrected chi connectivity index (χ2v) is 5.70. The van der Waals surface area contributed by atoms with Gasteiger partial charge in [0.25, 0.3) is 5.56 Å². The van der Waals surface area contributed by atoms with Crippen LogP contribution in [-0.4, -0.2) is 24.0 Å². The van der Waals surface area contributed by atoms with Gasteiger partial charge in [0.05, 0.1) is 7.11 Å². The van der Waals surface area contributed by atoms with Gasteiger partial charge in [0.15, 0.2) is 5.69 Å². The van der Waals surface area contributed by atoms with Gasteiger partial charge < -0.3 is 4.74 Å². The topological polar surface area (TPSA) is 60.7 Å². The van der Waals surface area contributed by atoms with Crippen molar-refractivity contribution < 1.29 is 9.53 Å². The molecule has 1 aromatic heterocycles. The van der Waals surface area contributed by atoms with Gasteiger partial charge in [-0.3, -0.25) is 4.79 Å². The normalized spacial score (nSPS) is 11.2. The van der Waals surface area contributed by atoms with Crippen molar-refractivity contribution in [1.82, 2.24) is 4.68 Å². The highest BCUT2D eigenvalue weighted by atomic mass is 35.5. The molecule has 25 heavy (non-hydrogen) atoms. The summed E-state index contributed by atoms with van der Waals surface area (Å²) in [5, 5.41) is 5.54. The average molecular weight is 355 g/mol. The molecule has 5 nitrogen and oxygen atoms in total. The average Bonchev–Trinajstić information content (AvgIpc) is 2.63. The highest BCUT2D eigenvalue weighted by Gasteiger charge is 2.24. The van der Waals surface area contributed by atoms with Crippen LogP contribution in [0.15, 0.2) is 58.4 Å². The summed E-state index contributed by atoms with van der Waals surface area (Å²) in [6, 6.07) is 14.2. The molecular formula is C19H15ClN2O3. The Morgan fingerprint density at radius 1 is 1.16 bits per heavy atom. The summed E-state index contributed by atoms with van der Waals surface area (Å²) < 4.78 is 5.99. The van der Waals surface area contributed by atoms with Crippen molar-refractivity contribution in [3.05, 3.63) is 69.6 Å². The van der Waals surface area contributed by atoms with Crippen molar-refractivity contribution in [2.24, 2.45) is 5.10 Å². The Morgan fingerprint density at radius 3 is 2.52 bits per heavy atom. The lowest BCUT2D eigenvalue weighted by molar-refractivity contribution is 0.0589. The van der Waals surface area contributed by atoms with Crippen molar-refractivity contribution in [2.45, 2.75) is 6.92 Å². The van der Waals surface area contributed by atoms with E-state index in [1.165, 1.54) is 13.3 Å². The van der Waals surface area contributed by atoms with E-state index in [2.05, 4.69) is 5.10 Å². The molecule has 2 aromatic carbocycles. The van der Waals surface area contributed by atoms with Gasteiger partial charge in [0.1, 0.15) is 0 Å². The fourth-order valence-electron chi connectivity index (χ4n) is 2.77. The fraction of sp³-hybridized carbons (Fsp3) is 0.105. The van der Waals surface area contributed by atoms with Crippen LogP contribution in [0.2, 0.25) is 5.02 Å². The first kappa shape index (κ1) is 16.9. The van der Waals surface area contributed by atoms with Crippen LogP contribution in [0.25, 0.3) is 21.9 Å². The summed E-state index contributed by atoms with van der Waals surface area (Å²) in [6.07, 6.45) is 1.45. The van der Waals surface area contributed by atoms with Crippen molar-refractivity contribution >= 4 is 34.6 Å². The van der Waals surface area contributed by atoms with Gasteiger partial charge >= 0.3 is 5.97 Å². The van der Waals surface area contributed by atoms with Crippen LogP contribution in [-0.2, 0) is 4.74 Å². The number of hydrogen-bond acceptors (Lipinski definition) is 4. The van der Waals surface area contributed by atoms with Crippen LogP contribution in [0.1, 0.15) is 17.4 Å². The molecule has 126 valence electrons. The minimum atomic E-state index is -0.650. The first-order valence-electron chi connectivity index (χ1n) is 7.59. The van der Waals surface area contributed by atoms with E-state index in [-0.39, 0.29) is 5.69 Å². The van der Waals surface area contributed by atoms with Crippen molar-refractivity contribution in [2.75, 3.05) is 7.11 Å². The molecular weight excluding hydrogens is 340 g/mol. The Kier molecular flexibility index (Phi) is 4.67. The van der Waals surface area contributed by atoms with Crippen molar-refractivity contribution in [1.29, 1.82) is 0 Å². The predicted molar refractivity (Wildman–Crippen MR) is 99.6 cm³/mol. The number of carbonyl (C=O) groups excluding carboxylic acids is 1. The zero-order valence-corrected chi connectivity index (χ0v) is 14.4. The summed E-state index contributed by atoms with van der Waals surface area (Å²) in [7, 11) is 1.27. The van der Waals surface area contributed by atoms with Gasteiger partial charge in [-0.1, -0.05) is 41.9 Å². The number of ether oxygens (including phenoxy) is 1. The van der Waals surface area contributed by atoms with E-state index in [0.29, 0.717) is 21.4 Å². The third kappa shape index (κ3) is 2.94. The van der Waals surface area contributed by atoms with Crippen molar-refractivity contribution in [3.8, 4) is 11.1 Å². The molecule has 0 bridgehead atoms. The number of rotatable bonds is 3. The third-order valence-electron chi connectivity index (χ3n) is 3.79. The molecule has 0 atom stereocenters. The second-order valence-electron chi connectivity index (χ2n) is 5.26. The molecule has 3 rings (SSSR count). The zero-order valence-electron chi connectivity index (χ0n) is 13.7. The van der Waals surface area contributed by atoms with E-state index in [1.54, 1.807) is 25.1 Å². The molecule has 0 amide bonds. The summed E-state index contributed by atoms with van der Waals surface area (Å²) in [6.45, 7) is 1.67. The predicted octanol–water partition coefficient (Wildman–Crippen LogP) is 3.96. The maximum absolute atomic E-state index is 12.9. The number of esters is 1. The first-order chi connectivity index (χ1) is 12.1.